The van der Waals surface area contributed by atoms with Crippen LogP contribution < -0.4 is 16.2 Å². The van der Waals surface area contributed by atoms with Gasteiger partial charge < -0.3 is 10.6 Å². The minimum atomic E-state index is -0.480. The van der Waals surface area contributed by atoms with E-state index >= 15 is 0 Å². The number of anilines is 2. The lowest BCUT2D eigenvalue weighted by molar-refractivity contribution is -0.114. The van der Waals surface area contributed by atoms with Gasteiger partial charge in [-0.25, -0.2) is 0 Å². The molecular formula is C19H16ClN5O3S. The van der Waals surface area contributed by atoms with Crippen LogP contribution in [0.1, 0.15) is 6.92 Å². The second-order valence-electron chi connectivity index (χ2n) is 5.85. The molecule has 0 atom stereocenters. The molecule has 8 nitrogen and oxygen atoms in total. The van der Waals surface area contributed by atoms with Crippen molar-refractivity contribution in [3.05, 3.63) is 63.9 Å². The molecule has 29 heavy (non-hydrogen) atoms. The fraction of sp³-hybridized carbons (Fsp3) is 0.105. The van der Waals surface area contributed by atoms with Crippen molar-refractivity contribution < 1.29 is 9.59 Å². The molecule has 3 aromatic rings. The van der Waals surface area contributed by atoms with Crippen LogP contribution >= 0.6 is 23.4 Å². The summed E-state index contributed by atoms with van der Waals surface area (Å²) in [7, 11) is 0. The number of halogens is 1. The second kappa shape index (κ2) is 9.35. The van der Waals surface area contributed by atoms with Crippen molar-refractivity contribution >= 4 is 46.6 Å². The van der Waals surface area contributed by atoms with Crippen molar-refractivity contribution in [2.45, 2.75) is 12.1 Å². The molecule has 3 rings (SSSR count). The number of thioether (sulfide) groups is 1. The number of rotatable bonds is 6. The SMILES string of the molecule is CC(=O)Nc1ccccc1-c1nnc(SCC(=O)Nc2ccccc2Cl)[nH]c1=O. The number of aromatic amines is 1. The molecule has 0 saturated carbocycles. The summed E-state index contributed by atoms with van der Waals surface area (Å²) in [5, 5.41) is 13.9. The van der Waals surface area contributed by atoms with Gasteiger partial charge in [0.2, 0.25) is 11.8 Å². The van der Waals surface area contributed by atoms with Gasteiger partial charge in [-0.3, -0.25) is 19.4 Å². The van der Waals surface area contributed by atoms with Crippen LogP contribution in [-0.4, -0.2) is 32.7 Å². The maximum Gasteiger partial charge on any atom is 0.278 e. The average molecular weight is 430 g/mol. The first-order chi connectivity index (χ1) is 13.9. The number of nitrogens with zero attached hydrogens (tertiary/aromatic N) is 2. The van der Waals surface area contributed by atoms with Gasteiger partial charge in [-0.2, -0.15) is 0 Å². The number of carbonyl (C=O) groups excluding carboxylic acids is 2. The minimum absolute atomic E-state index is 0.0116. The van der Waals surface area contributed by atoms with Gasteiger partial charge in [-0.15, -0.1) is 10.2 Å². The van der Waals surface area contributed by atoms with E-state index < -0.39 is 5.56 Å². The van der Waals surface area contributed by atoms with Crippen LogP contribution in [-0.2, 0) is 9.59 Å². The first-order valence-electron chi connectivity index (χ1n) is 8.45. The van der Waals surface area contributed by atoms with Crippen LogP contribution in [0, 0.1) is 0 Å². The normalized spacial score (nSPS) is 10.4. The van der Waals surface area contributed by atoms with Crippen molar-refractivity contribution in [3.63, 3.8) is 0 Å². The quantitative estimate of drug-likeness (QED) is 0.518. The Balaban J connectivity index is 1.71. The van der Waals surface area contributed by atoms with E-state index in [4.69, 9.17) is 11.6 Å². The van der Waals surface area contributed by atoms with E-state index in [-0.39, 0.29) is 28.4 Å². The van der Waals surface area contributed by atoms with E-state index in [1.807, 2.05) is 0 Å². The predicted octanol–water partition coefficient (Wildman–Crippen LogP) is 3.17. The van der Waals surface area contributed by atoms with Crippen molar-refractivity contribution in [1.82, 2.24) is 15.2 Å². The minimum Gasteiger partial charge on any atom is -0.326 e. The van der Waals surface area contributed by atoms with Crippen LogP contribution in [0.4, 0.5) is 11.4 Å². The second-order valence-corrected chi connectivity index (χ2v) is 7.22. The van der Waals surface area contributed by atoms with Crippen LogP contribution in [0.5, 0.6) is 0 Å². The van der Waals surface area contributed by atoms with E-state index in [9.17, 15) is 14.4 Å². The highest BCUT2D eigenvalue weighted by atomic mass is 35.5. The average Bonchev–Trinajstić information content (AvgIpc) is 2.68. The highest BCUT2D eigenvalue weighted by molar-refractivity contribution is 7.99. The molecule has 2 amide bonds. The fourth-order valence-electron chi connectivity index (χ4n) is 2.43. The summed E-state index contributed by atoms with van der Waals surface area (Å²) >= 11 is 7.04. The molecule has 0 aliphatic heterocycles. The molecule has 1 aromatic heterocycles. The number of H-pyrrole nitrogens is 1. The molecule has 0 unspecified atom stereocenters. The summed E-state index contributed by atoms with van der Waals surface area (Å²) < 4.78 is 0. The van der Waals surface area contributed by atoms with Crippen LogP contribution in [0.2, 0.25) is 5.02 Å². The molecule has 0 aliphatic rings. The Kier molecular flexibility index (Phi) is 6.63. The van der Waals surface area contributed by atoms with Gasteiger partial charge in [0.15, 0.2) is 10.9 Å². The fourth-order valence-corrected chi connectivity index (χ4v) is 3.22. The van der Waals surface area contributed by atoms with Crippen molar-refractivity contribution in [1.29, 1.82) is 0 Å². The summed E-state index contributed by atoms with van der Waals surface area (Å²) in [5.41, 5.74) is 0.999. The zero-order valence-electron chi connectivity index (χ0n) is 15.2. The zero-order chi connectivity index (χ0) is 20.8. The number of aromatic nitrogens is 3. The van der Waals surface area contributed by atoms with E-state index in [2.05, 4.69) is 25.8 Å². The molecule has 0 spiro atoms. The number of benzene rings is 2. The number of hydrogen-bond donors (Lipinski definition) is 3. The lowest BCUT2D eigenvalue weighted by atomic mass is 10.1. The molecule has 10 heteroatoms. The van der Waals surface area contributed by atoms with E-state index in [0.29, 0.717) is 22.0 Å². The largest absolute Gasteiger partial charge is 0.326 e. The van der Waals surface area contributed by atoms with Crippen molar-refractivity contribution in [2.75, 3.05) is 16.4 Å². The van der Waals surface area contributed by atoms with Gasteiger partial charge in [0.1, 0.15) is 0 Å². The lowest BCUT2D eigenvalue weighted by Gasteiger charge is -2.09. The molecule has 0 aliphatic carbocycles. The number of para-hydroxylation sites is 2. The van der Waals surface area contributed by atoms with Gasteiger partial charge >= 0.3 is 0 Å². The Labute approximate surface area is 175 Å². The smallest absolute Gasteiger partial charge is 0.278 e. The van der Waals surface area contributed by atoms with Crippen LogP contribution in [0.15, 0.2) is 58.5 Å². The summed E-state index contributed by atoms with van der Waals surface area (Å²) in [6.45, 7) is 1.38. The third-order valence-corrected chi connectivity index (χ3v) is 4.85. The molecule has 0 radical (unpaired) electrons. The van der Waals surface area contributed by atoms with E-state index in [0.717, 1.165) is 11.8 Å². The van der Waals surface area contributed by atoms with Gasteiger partial charge in [0, 0.05) is 12.5 Å². The van der Waals surface area contributed by atoms with Gasteiger partial charge in [0.25, 0.3) is 5.56 Å². The van der Waals surface area contributed by atoms with E-state index in [1.54, 1.807) is 48.5 Å². The van der Waals surface area contributed by atoms with Crippen molar-refractivity contribution in [3.8, 4) is 11.3 Å². The maximum absolute atomic E-state index is 12.5. The molecule has 148 valence electrons. The summed E-state index contributed by atoms with van der Waals surface area (Å²) in [6.07, 6.45) is 0. The summed E-state index contributed by atoms with van der Waals surface area (Å²) in [5.74, 6) is -0.554. The Hall–Kier alpha value is -3.17. The zero-order valence-corrected chi connectivity index (χ0v) is 16.8. The highest BCUT2D eigenvalue weighted by Gasteiger charge is 2.14. The Morgan fingerprint density at radius 3 is 2.41 bits per heavy atom. The molecular weight excluding hydrogens is 414 g/mol. The summed E-state index contributed by atoms with van der Waals surface area (Å²) in [6, 6.07) is 13.7. The number of amides is 2. The summed E-state index contributed by atoms with van der Waals surface area (Å²) in [4.78, 5) is 38.5. The first kappa shape index (κ1) is 20.6. The predicted molar refractivity (Wildman–Crippen MR) is 113 cm³/mol. The molecule has 0 bridgehead atoms. The third-order valence-electron chi connectivity index (χ3n) is 3.66. The highest BCUT2D eigenvalue weighted by Crippen LogP contribution is 2.24. The maximum atomic E-state index is 12.5. The van der Waals surface area contributed by atoms with Gasteiger partial charge in [-0.1, -0.05) is 53.7 Å². The number of hydrogen-bond acceptors (Lipinski definition) is 6. The number of nitrogens with one attached hydrogen (secondary N) is 3. The molecule has 0 saturated heterocycles. The topological polar surface area (TPSA) is 117 Å². The van der Waals surface area contributed by atoms with Gasteiger partial charge in [-0.05, 0) is 18.2 Å². The molecule has 1 heterocycles. The number of carbonyl (C=O) groups is 2. The lowest BCUT2D eigenvalue weighted by Crippen LogP contribution is -2.18. The third kappa shape index (κ3) is 5.43. The molecule has 0 fully saturated rings. The Morgan fingerprint density at radius 1 is 1.03 bits per heavy atom. The van der Waals surface area contributed by atoms with Crippen LogP contribution in [0.25, 0.3) is 11.3 Å². The Morgan fingerprint density at radius 2 is 1.72 bits per heavy atom. The van der Waals surface area contributed by atoms with Crippen LogP contribution in [0.3, 0.4) is 0 Å². The van der Waals surface area contributed by atoms with Gasteiger partial charge in [0.05, 0.1) is 22.2 Å². The first-order valence-corrected chi connectivity index (χ1v) is 9.81. The monoisotopic (exact) mass is 429 g/mol. The standard InChI is InChI=1S/C19H16ClN5O3S/c1-11(26)21-14-8-4-2-6-12(14)17-18(28)23-19(25-24-17)29-10-16(27)22-15-9-5-3-7-13(15)20/h2-9H,10H2,1H3,(H,21,26)(H,22,27)(H,23,25,28). The van der Waals surface area contributed by atoms with E-state index in [1.165, 1.54) is 6.92 Å². The van der Waals surface area contributed by atoms with Crippen molar-refractivity contribution in [2.24, 2.45) is 0 Å². The molecule has 3 N–H and O–H groups in total. The molecule has 2 aromatic carbocycles. The Bertz CT molecular complexity index is 1120.